The SMILES string of the molecule is COc1cnc(-c2csc(CC(=O)c3nc4ccccc4o3)c2C(=O)OC(C)(C)C)cn1. The highest BCUT2D eigenvalue weighted by molar-refractivity contribution is 7.11. The second-order valence-electron chi connectivity index (χ2n) is 7.98. The van der Waals surface area contributed by atoms with Gasteiger partial charge in [0.05, 0.1) is 37.2 Å². The molecule has 0 aliphatic carbocycles. The number of Topliss-reactive ketones (excluding diaryl/α,β-unsaturated/α-hetero) is 1. The van der Waals surface area contributed by atoms with Crippen LogP contribution in [0.1, 0.15) is 46.7 Å². The van der Waals surface area contributed by atoms with Crippen LogP contribution in [0, 0.1) is 0 Å². The highest BCUT2D eigenvalue weighted by atomic mass is 32.1. The Balaban J connectivity index is 1.71. The Morgan fingerprint density at radius 3 is 2.56 bits per heavy atom. The number of rotatable bonds is 6. The third-order valence-electron chi connectivity index (χ3n) is 4.44. The summed E-state index contributed by atoms with van der Waals surface area (Å²) >= 11 is 1.28. The van der Waals surface area contributed by atoms with Crippen molar-refractivity contribution in [3.8, 4) is 17.1 Å². The van der Waals surface area contributed by atoms with Crippen molar-refractivity contribution in [2.45, 2.75) is 32.8 Å². The monoisotopic (exact) mass is 451 g/mol. The van der Waals surface area contributed by atoms with Crippen molar-refractivity contribution in [3.63, 3.8) is 0 Å². The zero-order valence-corrected chi connectivity index (χ0v) is 18.9. The van der Waals surface area contributed by atoms with Gasteiger partial charge < -0.3 is 13.9 Å². The van der Waals surface area contributed by atoms with Crippen LogP contribution in [0.4, 0.5) is 0 Å². The Bertz CT molecular complexity index is 1250. The smallest absolute Gasteiger partial charge is 0.340 e. The maximum absolute atomic E-state index is 13.1. The van der Waals surface area contributed by atoms with Crippen LogP contribution in [0.25, 0.3) is 22.4 Å². The second kappa shape index (κ2) is 8.51. The summed E-state index contributed by atoms with van der Waals surface area (Å²) in [6.07, 6.45) is 2.92. The first-order valence-electron chi connectivity index (χ1n) is 9.84. The molecule has 4 aromatic rings. The Hall–Kier alpha value is -3.59. The van der Waals surface area contributed by atoms with Gasteiger partial charge in [0.2, 0.25) is 11.7 Å². The number of carbonyl (C=O) groups is 2. The lowest BCUT2D eigenvalue weighted by Gasteiger charge is -2.20. The van der Waals surface area contributed by atoms with Gasteiger partial charge in [-0.15, -0.1) is 11.3 Å². The minimum absolute atomic E-state index is 0.000489. The molecule has 0 atom stereocenters. The molecule has 0 unspecified atom stereocenters. The number of aromatic nitrogens is 3. The van der Waals surface area contributed by atoms with Crippen molar-refractivity contribution in [3.05, 3.63) is 58.4 Å². The second-order valence-corrected chi connectivity index (χ2v) is 8.94. The van der Waals surface area contributed by atoms with Crippen LogP contribution in [0.5, 0.6) is 5.88 Å². The van der Waals surface area contributed by atoms with E-state index in [9.17, 15) is 9.59 Å². The number of ketones is 1. The number of para-hydroxylation sites is 2. The van der Waals surface area contributed by atoms with Crippen LogP contribution < -0.4 is 4.74 Å². The molecule has 32 heavy (non-hydrogen) atoms. The molecule has 0 aliphatic heterocycles. The molecule has 0 aliphatic rings. The van der Waals surface area contributed by atoms with E-state index >= 15 is 0 Å². The van der Waals surface area contributed by atoms with Gasteiger partial charge in [-0.3, -0.25) is 4.79 Å². The minimum atomic E-state index is -0.705. The molecule has 3 aromatic heterocycles. The Kier molecular flexibility index (Phi) is 5.75. The molecule has 1 aromatic carbocycles. The fourth-order valence-corrected chi connectivity index (χ4v) is 4.07. The predicted molar refractivity (Wildman–Crippen MR) is 119 cm³/mol. The molecular weight excluding hydrogens is 430 g/mol. The maximum atomic E-state index is 13.1. The van der Waals surface area contributed by atoms with Gasteiger partial charge >= 0.3 is 5.97 Å². The minimum Gasteiger partial charge on any atom is -0.480 e. The molecule has 0 spiro atoms. The van der Waals surface area contributed by atoms with Crippen molar-refractivity contribution < 1.29 is 23.5 Å². The van der Waals surface area contributed by atoms with Crippen LogP contribution in [0.15, 0.2) is 46.5 Å². The number of carbonyl (C=O) groups excluding carboxylic acids is 2. The largest absolute Gasteiger partial charge is 0.480 e. The van der Waals surface area contributed by atoms with E-state index in [1.54, 1.807) is 38.3 Å². The number of hydrogen-bond acceptors (Lipinski definition) is 9. The molecule has 0 radical (unpaired) electrons. The summed E-state index contributed by atoms with van der Waals surface area (Å²) in [6.45, 7) is 5.35. The zero-order valence-electron chi connectivity index (χ0n) is 18.0. The maximum Gasteiger partial charge on any atom is 0.340 e. The molecule has 0 fully saturated rings. The summed E-state index contributed by atoms with van der Waals surface area (Å²) in [5, 5.41) is 1.77. The number of methoxy groups -OCH3 is 1. The van der Waals surface area contributed by atoms with E-state index in [2.05, 4.69) is 15.0 Å². The number of esters is 1. The van der Waals surface area contributed by atoms with E-state index in [1.165, 1.54) is 30.8 Å². The molecule has 0 N–H and O–H groups in total. The quantitative estimate of drug-likeness (QED) is 0.306. The molecule has 9 heteroatoms. The van der Waals surface area contributed by atoms with Gasteiger partial charge in [-0.1, -0.05) is 12.1 Å². The van der Waals surface area contributed by atoms with E-state index < -0.39 is 11.6 Å². The molecule has 0 bridgehead atoms. The van der Waals surface area contributed by atoms with E-state index in [-0.39, 0.29) is 23.7 Å². The lowest BCUT2D eigenvalue weighted by molar-refractivity contribution is 0.00701. The topological polar surface area (TPSA) is 104 Å². The van der Waals surface area contributed by atoms with E-state index in [4.69, 9.17) is 13.9 Å². The van der Waals surface area contributed by atoms with Gasteiger partial charge in [-0.25, -0.2) is 19.7 Å². The number of benzene rings is 1. The molecular formula is C23H21N3O5S. The van der Waals surface area contributed by atoms with Gasteiger partial charge in [0.25, 0.3) is 5.89 Å². The highest BCUT2D eigenvalue weighted by Crippen LogP contribution is 2.33. The van der Waals surface area contributed by atoms with Crippen LogP contribution >= 0.6 is 11.3 Å². The Morgan fingerprint density at radius 2 is 1.91 bits per heavy atom. The number of fused-ring (bicyclic) bond motifs is 1. The van der Waals surface area contributed by atoms with Crippen molar-refractivity contribution in [1.29, 1.82) is 0 Å². The van der Waals surface area contributed by atoms with E-state index in [0.717, 1.165) is 0 Å². The van der Waals surface area contributed by atoms with Crippen molar-refractivity contribution in [1.82, 2.24) is 15.0 Å². The first kappa shape index (κ1) is 21.6. The number of hydrogen-bond donors (Lipinski definition) is 0. The number of ether oxygens (including phenoxy) is 2. The van der Waals surface area contributed by atoms with Gasteiger partial charge in [0.1, 0.15) is 11.1 Å². The number of nitrogens with zero attached hydrogens (tertiary/aromatic N) is 3. The summed E-state index contributed by atoms with van der Waals surface area (Å²) in [4.78, 5) is 39.3. The normalized spacial score (nSPS) is 11.5. The number of thiophene rings is 1. The van der Waals surface area contributed by atoms with E-state index in [1.807, 2.05) is 12.1 Å². The van der Waals surface area contributed by atoms with E-state index in [0.29, 0.717) is 33.1 Å². The lowest BCUT2D eigenvalue weighted by atomic mass is 10.0. The summed E-state index contributed by atoms with van der Waals surface area (Å²) in [5.74, 6) is -0.512. The standard InChI is InChI=1S/C23H21N3O5S/c1-23(2,3)31-22(28)20-13(15-10-25-19(29-4)11-24-15)12-32-18(20)9-16(27)21-26-14-7-5-6-8-17(14)30-21/h5-8,10-12H,9H2,1-4H3. The van der Waals surface area contributed by atoms with Gasteiger partial charge in [-0.05, 0) is 32.9 Å². The Labute approximate surface area is 188 Å². The van der Waals surface area contributed by atoms with Crippen molar-refractivity contribution >= 4 is 34.2 Å². The van der Waals surface area contributed by atoms with Crippen LogP contribution in [0.2, 0.25) is 0 Å². The molecule has 3 heterocycles. The molecule has 164 valence electrons. The van der Waals surface area contributed by atoms with Gasteiger partial charge in [0, 0.05) is 15.8 Å². The van der Waals surface area contributed by atoms with Crippen molar-refractivity contribution in [2.75, 3.05) is 7.11 Å². The molecule has 0 saturated heterocycles. The molecule has 8 nitrogen and oxygen atoms in total. The average molecular weight is 452 g/mol. The fourth-order valence-electron chi connectivity index (χ4n) is 3.04. The first-order chi connectivity index (χ1) is 15.2. The first-order valence-corrected chi connectivity index (χ1v) is 10.7. The van der Waals surface area contributed by atoms with Gasteiger partial charge in [-0.2, -0.15) is 0 Å². The highest BCUT2D eigenvalue weighted by Gasteiger charge is 2.28. The molecule has 4 rings (SSSR count). The number of oxazole rings is 1. The summed E-state index contributed by atoms with van der Waals surface area (Å²) in [7, 11) is 1.50. The predicted octanol–water partition coefficient (Wildman–Crippen LogP) is 4.74. The fraction of sp³-hybridized carbons (Fsp3) is 0.261. The van der Waals surface area contributed by atoms with Crippen LogP contribution in [-0.4, -0.2) is 39.4 Å². The summed E-state index contributed by atoms with van der Waals surface area (Å²) < 4.78 is 16.3. The third kappa shape index (κ3) is 4.52. The third-order valence-corrected chi connectivity index (χ3v) is 5.42. The van der Waals surface area contributed by atoms with Crippen LogP contribution in [-0.2, 0) is 11.2 Å². The molecule has 0 saturated carbocycles. The summed E-state index contributed by atoms with van der Waals surface area (Å²) in [5.41, 5.74) is 1.73. The van der Waals surface area contributed by atoms with Crippen molar-refractivity contribution in [2.24, 2.45) is 0 Å². The lowest BCUT2D eigenvalue weighted by Crippen LogP contribution is -2.24. The van der Waals surface area contributed by atoms with Crippen LogP contribution in [0.3, 0.4) is 0 Å². The molecule has 0 amide bonds. The van der Waals surface area contributed by atoms with Gasteiger partial charge in [0.15, 0.2) is 5.58 Å². The summed E-state index contributed by atoms with van der Waals surface area (Å²) in [6, 6.07) is 7.15. The average Bonchev–Trinajstić information content (AvgIpc) is 3.37. The zero-order chi connectivity index (χ0) is 22.9. The Morgan fingerprint density at radius 1 is 1.12 bits per heavy atom.